The summed E-state index contributed by atoms with van der Waals surface area (Å²) < 4.78 is 25.4. The van der Waals surface area contributed by atoms with Crippen LogP contribution in [0.5, 0.6) is 0 Å². The molecule has 0 aliphatic rings. The Morgan fingerprint density at radius 1 is 1.62 bits per heavy atom. The first kappa shape index (κ1) is 9.88. The number of aryl methyl sites for hydroxylation is 1. The Bertz CT molecular complexity index is 261. The Kier molecular flexibility index (Phi) is 3.16. The summed E-state index contributed by atoms with van der Waals surface area (Å²) in [5.41, 5.74) is 0. The Hall–Kier alpha value is -1.20. The first-order valence-electron chi connectivity index (χ1n) is 3.99. The van der Waals surface area contributed by atoms with Crippen molar-refractivity contribution in [3.63, 3.8) is 0 Å². The second-order valence-corrected chi connectivity index (χ2v) is 2.92. The lowest BCUT2D eigenvalue weighted by Gasteiger charge is -2.13. The van der Waals surface area contributed by atoms with E-state index >= 15 is 0 Å². The van der Waals surface area contributed by atoms with Crippen molar-refractivity contribution in [2.45, 2.75) is 25.8 Å². The molecule has 74 valence electrons. The maximum Gasteiger partial charge on any atom is 0.240 e. The molecule has 0 radical (unpaired) electrons. The molecule has 0 aliphatic carbocycles. The van der Waals surface area contributed by atoms with Crippen molar-refractivity contribution in [2.75, 3.05) is 5.32 Å². The maximum atomic E-state index is 11.9. The molecule has 1 heterocycles. The van der Waals surface area contributed by atoms with E-state index in [1.54, 1.807) is 14.0 Å². The van der Waals surface area contributed by atoms with Gasteiger partial charge in [0.2, 0.25) is 6.43 Å². The van der Waals surface area contributed by atoms with Crippen molar-refractivity contribution in [1.82, 2.24) is 15.0 Å². The van der Waals surface area contributed by atoms with Crippen LogP contribution in [0.2, 0.25) is 0 Å². The van der Waals surface area contributed by atoms with Crippen LogP contribution in [0, 0.1) is 0 Å². The molecule has 0 saturated carbocycles. The largest absolute Gasteiger partial charge is 0.366 e. The number of nitrogens with zero attached hydrogens (tertiary/aromatic N) is 3. The molecule has 6 heteroatoms. The lowest BCUT2D eigenvalue weighted by atomic mass is 10.2. The minimum Gasteiger partial charge on any atom is -0.366 e. The highest BCUT2D eigenvalue weighted by atomic mass is 19.3. The molecule has 13 heavy (non-hydrogen) atoms. The van der Waals surface area contributed by atoms with Gasteiger partial charge in [0.1, 0.15) is 5.82 Å². The average Bonchev–Trinajstić information content (AvgIpc) is 2.34. The molecule has 1 atom stereocenters. The van der Waals surface area contributed by atoms with Crippen LogP contribution in [-0.4, -0.2) is 27.5 Å². The number of hydrogen-bond donors (Lipinski definition) is 1. The van der Waals surface area contributed by atoms with Gasteiger partial charge in [-0.05, 0) is 6.92 Å². The fourth-order valence-corrected chi connectivity index (χ4v) is 0.999. The number of halogens is 2. The number of nitrogens with one attached hydrogen (secondary N) is 1. The fourth-order valence-electron chi connectivity index (χ4n) is 0.999. The van der Waals surface area contributed by atoms with Crippen molar-refractivity contribution >= 4 is 5.82 Å². The standard InChI is InChI=1S/C7H12F2N4/c1-5(3-6(8)9)11-7-4-10-12-13(7)2/h4-6,11H,3H2,1-2H3. The summed E-state index contributed by atoms with van der Waals surface area (Å²) in [5, 5.41) is 10.2. The molecule has 4 nitrogen and oxygen atoms in total. The zero-order valence-corrected chi connectivity index (χ0v) is 7.54. The van der Waals surface area contributed by atoms with Crippen molar-refractivity contribution < 1.29 is 8.78 Å². The van der Waals surface area contributed by atoms with E-state index in [0.29, 0.717) is 5.82 Å². The summed E-state index contributed by atoms with van der Waals surface area (Å²) in [4.78, 5) is 0. The van der Waals surface area contributed by atoms with Gasteiger partial charge in [-0.1, -0.05) is 5.21 Å². The number of aromatic nitrogens is 3. The van der Waals surface area contributed by atoms with Gasteiger partial charge in [0, 0.05) is 19.5 Å². The van der Waals surface area contributed by atoms with Crippen molar-refractivity contribution in [3.05, 3.63) is 6.20 Å². The van der Waals surface area contributed by atoms with Gasteiger partial charge in [-0.15, -0.1) is 5.10 Å². The van der Waals surface area contributed by atoms with Gasteiger partial charge in [0.25, 0.3) is 0 Å². The summed E-state index contributed by atoms with van der Waals surface area (Å²) in [6.45, 7) is 1.69. The van der Waals surface area contributed by atoms with Gasteiger partial charge in [-0.3, -0.25) is 0 Å². The molecule has 1 N–H and O–H groups in total. The molecule has 0 saturated heterocycles. The van der Waals surface area contributed by atoms with E-state index in [9.17, 15) is 8.78 Å². The Morgan fingerprint density at radius 2 is 2.31 bits per heavy atom. The van der Waals surface area contributed by atoms with Crippen LogP contribution in [0.15, 0.2) is 6.20 Å². The predicted octanol–water partition coefficient (Wildman–Crippen LogP) is 1.27. The lowest BCUT2D eigenvalue weighted by molar-refractivity contribution is 0.133. The van der Waals surface area contributed by atoms with E-state index in [-0.39, 0.29) is 12.5 Å². The van der Waals surface area contributed by atoms with Gasteiger partial charge in [-0.2, -0.15) is 0 Å². The molecule has 0 fully saturated rings. The molecular formula is C7H12F2N4. The summed E-state index contributed by atoms with van der Waals surface area (Å²) >= 11 is 0. The van der Waals surface area contributed by atoms with E-state index in [0.717, 1.165) is 0 Å². The maximum absolute atomic E-state index is 11.9. The summed E-state index contributed by atoms with van der Waals surface area (Å²) in [6.07, 6.45) is -0.962. The van der Waals surface area contributed by atoms with Crippen LogP contribution in [0.4, 0.5) is 14.6 Å². The molecule has 0 bridgehead atoms. The quantitative estimate of drug-likeness (QED) is 0.777. The molecule has 1 aromatic heterocycles. The van der Waals surface area contributed by atoms with E-state index in [1.165, 1.54) is 10.9 Å². The van der Waals surface area contributed by atoms with Crippen LogP contribution in [-0.2, 0) is 7.05 Å². The van der Waals surface area contributed by atoms with Crippen molar-refractivity contribution in [1.29, 1.82) is 0 Å². The van der Waals surface area contributed by atoms with Gasteiger partial charge in [-0.25, -0.2) is 13.5 Å². The Balaban J connectivity index is 2.45. The predicted molar refractivity (Wildman–Crippen MR) is 44.7 cm³/mol. The van der Waals surface area contributed by atoms with Crippen LogP contribution >= 0.6 is 0 Å². The first-order chi connectivity index (χ1) is 6.09. The minimum atomic E-state index is -2.29. The zero-order chi connectivity index (χ0) is 9.84. The third-order valence-electron chi connectivity index (χ3n) is 1.64. The van der Waals surface area contributed by atoms with Crippen LogP contribution < -0.4 is 5.32 Å². The third kappa shape index (κ3) is 2.96. The monoisotopic (exact) mass is 190 g/mol. The third-order valence-corrected chi connectivity index (χ3v) is 1.64. The van der Waals surface area contributed by atoms with Gasteiger partial charge < -0.3 is 5.32 Å². The zero-order valence-electron chi connectivity index (χ0n) is 7.54. The summed E-state index contributed by atoms with van der Waals surface area (Å²) in [5.74, 6) is 0.646. The highest BCUT2D eigenvalue weighted by molar-refractivity contribution is 5.31. The molecule has 0 aliphatic heterocycles. The summed E-state index contributed by atoms with van der Waals surface area (Å²) in [7, 11) is 1.70. The van der Waals surface area contributed by atoms with E-state index in [2.05, 4.69) is 15.6 Å². The molecule has 0 aromatic carbocycles. The molecule has 1 rings (SSSR count). The van der Waals surface area contributed by atoms with Gasteiger partial charge in [0.15, 0.2) is 0 Å². The average molecular weight is 190 g/mol. The number of alkyl halides is 2. The van der Waals surface area contributed by atoms with Gasteiger partial charge >= 0.3 is 0 Å². The van der Waals surface area contributed by atoms with E-state index in [1.807, 2.05) is 0 Å². The second kappa shape index (κ2) is 4.15. The smallest absolute Gasteiger partial charge is 0.240 e. The van der Waals surface area contributed by atoms with Crippen molar-refractivity contribution in [2.24, 2.45) is 7.05 Å². The Morgan fingerprint density at radius 3 is 2.77 bits per heavy atom. The fraction of sp³-hybridized carbons (Fsp3) is 0.714. The van der Waals surface area contributed by atoms with Crippen LogP contribution in [0.3, 0.4) is 0 Å². The summed E-state index contributed by atoms with van der Waals surface area (Å²) in [6, 6.07) is -0.280. The minimum absolute atomic E-state index is 0.175. The van der Waals surface area contributed by atoms with Crippen LogP contribution in [0.25, 0.3) is 0 Å². The second-order valence-electron chi connectivity index (χ2n) is 2.92. The highest BCUT2D eigenvalue weighted by Gasteiger charge is 2.11. The number of anilines is 1. The van der Waals surface area contributed by atoms with Gasteiger partial charge in [0.05, 0.1) is 6.20 Å². The normalized spacial score (nSPS) is 13.3. The van der Waals surface area contributed by atoms with E-state index < -0.39 is 6.43 Å². The Labute approximate surface area is 74.9 Å². The molecule has 0 amide bonds. The van der Waals surface area contributed by atoms with Crippen LogP contribution in [0.1, 0.15) is 13.3 Å². The first-order valence-corrected chi connectivity index (χ1v) is 3.99. The van der Waals surface area contributed by atoms with Crippen molar-refractivity contribution in [3.8, 4) is 0 Å². The van der Waals surface area contributed by atoms with E-state index in [4.69, 9.17) is 0 Å². The molecular weight excluding hydrogens is 178 g/mol. The molecule has 0 spiro atoms. The number of rotatable bonds is 4. The molecule has 1 aromatic rings. The number of hydrogen-bond acceptors (Lipinski definition) is 3. The highest BCUT2D eigenvalue weighted by Crippen LogP contribution is 2.09. The SMILES string of the molecule is CC(CC(F)F)Nc1cnnn1C. The molecule has 1 unspecified atom stereocenters. The topological polar surface area (TPSA) is 42.7 Å². The lowest BCUT2D eigenvalue weighted by Crippen LogP contribution is -2.20.